The zero-order chi connectivity index (χ0) is 25.7. The van der Waals surface area contributed by atoms with E-state index in [-0.39, 0.29) is 0 Å². The van der Waals surface area contributed by atoms with Crippen molar-refractivity contribution in [2.75, 3.05) is 13.1 Å². The summed E-state index contributed by atoms with van der Waals surface area (Å²) in [5.41, 5.74) is 5.44. The number of rotatable bonds is 7. The second kappa shape index (κ2) is 11.6. The molecule has 1 fully saturated rings. The Morgan fingerprint density at radius 3 is 2.19 bits per heavy atom. The lowest BCUT2D eigenvalue weighted by atomic mass is 10.1. The van der Waals surface area contributed by atoms with Gasteiger partial charge in [0.25, 0.3) is 0 Å². The van der Waals surface area contributed by atoms with E-state index in [1.165, 1.54) is 11.1 Å². The molecule has 0 bridgehead atoms. The summed E-state index contributed by atoms with van der Waals surface area (Å²) in [6.45, 7) is 4.07. The van der Waals surface area contributed by atoms with Gasteiger partial charge in [-0.3, -0.25) is 0 Å². The maximum atomic E-state index is 13.3. The van der Waals surface area contributed by atoms with Gasteiger partial charge in [0.05, 0.1) is 16.3 Å². The minimum atomic E-state index is -3.47. The van der Waals surface area contributed by atoms with Gasteiger partial charge < -0.3 is 4.57 Å². The Kier molecular flexibility index (Phi) is 8.03. The van der Waals surface area contributed by atoms with E-state index in [4.69, 9.17) is 4.99 Å². The number of nitrogens with zero attached hydrogens (tertiary/aromatic N) is 3. The Balaban J connectivity index is 1.48. The van der Waals surface area contributed by atoms with Crippen molar-refractivity contribution in [3.63, 3.8) is 0 Å². The average Bonchev–Trinajstić information content (AvgIpc) is 3.11. The van der Waals surface area contributed by atoms with Crippen molar-refractivity contribution in [1.29, 1.82) is 0 Å². The Labute approximate surface area is 223 Å². The first-order valence-electron chi connectivity index (χ1n) is 12.9. The summed E-state index contributed by atoms with van der Waals surface area (Å²) in [7, 11) is -3.47. The maximum absolute atomic E-state index is 13.3. The third-order valence-electron chi connectivity index (χ3n) is 6.88. The monoisotopic (exact) mass is 531 g/mol. The van der Waals surface area contributed by atoms with Crippen LogP contribution in [0.3, 0.4) is 0 Å². The first kappa shape index (κ1) is 25.6. The number of aromatic nitrogens is 1. The second-order valence-corrected chi connectivity index (χ2v) is 12.4. The van der Waals surface area contributed by atoms with E-state index in [1.807, 2.05) is 30.3 Å². The van der Waals surface area contributed by atoms with Gasteiger partial charge in [0, 0.05) is 25.0 Å². The first-order chi connectivity index (χ1) is 18.0. The maximum Gasteiger partial charge on any atom is 0.243 e. The van der Waals surface area contributed by atoms with E-state index in [1.54, 1.807) is 27.8 Å². The van der Waals surface area contributed by atoms with E-state index in [0.717, 1.165) is 60.4 Å². The summed E-state index contributed by atoms with van der Waals surface area (Å²) >= 11 is 1.61. The summed E-state index contributed by atoms with van der Waals surface area (Å²) in [5.74, 6) is 0. The predicted molar refractivity (Wildman–Crippen MR) is 152 cm³/mol. The molecule has 1 aliphatic rings. The standard InChI is InChI=1S/C30H33N3O2S2/c1-24-11-15-27(16-12-24)31-30-33(22-19-25-9-5-4-6-10-25)29(23-36-30)26-13-17-28(18-14-26)37(34,35)32-20-7-2-3-8-21-32/h4-6,9-18,23H,2-3,7-8,19-22H2,1H3. The number of hydrogen-bond donors (Lipinski definition) is 0. The fraction of sp³-hybridized carbons (Fsp3) is 0.300. The molecule has 37 heavy (non-hydrogen) atoms. The Bertz CT molecular complexity index is 1480. The first-order valence-corrected chi connectivity index (χ1v) is 15.3. The van der Waals surface area contributed by atoms with Crippen LogP contribution in [0.2, 0.25) is 0 Å². The Hall–Kier alpha value is -3.00. The van der Waals surface area contributed by atoms with Crippen LogP contribution in [0.15, 0.2) is 94.1 Å². The smallest absolute Gasteiger partial charge is 0.243 e. The molecule has 0 aliphatic carbocycles. The van der Waals surface area contributed by atoms with Gasteiger partial charge in [0.1, 0.15) is 0 Å². The fourth-order valence-electron chi connectivity index (χ4n) is 4.71. The molecule has 0 N–H and O–H groups in total. The molecule has 0 unspecified atom stereocenters. The largest absolute Gasteiger partial charge is 0.316 e. The van der Waals surface area contributed by atoms with Gasteiger partial charge in [0.15, 0.2) is 4.80 Å². The van der Waals surface area contributed by atoms with Crippen molar-refractivity contribution in [2.45, 2.75) is 50.5 Å². The fourth-order valence-corrected chi connectivity index (χ4v) is 7.18. The van der Waals surface area contributed by atoms with Crippen molar-refractivity contribution in [2.24, 2.45) is 4.99 Å². The highest BCUT2D eigenvalue weighted by molar-refractivity contribution is 7.89. The van der Waals surface area contributed by atoms with E-state index in [2.05, 4.69) is 53.3 Å². The molecule has 0 saturated carbocycles. The van der Waals surface area contributed by atoms with Crippen LogP contribution in [0.25, 0.3) is 11.3 Å². The highest BCUT2D eigenvalue weighted by atomic mass is 32.2. The lowest BCUT2D eigenvalue weighted by molar-refractivity contribution is 0.424. The number of benzene rings is 3. The SMILES string of the molecule is Cc1ccc(N=c2scc(-c3ccc(S(=O)(=O)N4CCCCCC4)cc3)n2CCc2ccccc2)cc1. The molecular formula is C30H33N3O2S2. The molecule has 3 aromatic carbocycles. The zero-order valence-corrected chi connectivity index (χ0v) is 22.8. The molecule has 5 nitrogen and oxygen atoms in total. The summed E-state index contributed by atoms with van der Waals surface area (Å²) in [6.07, 6.45) is 4.94. The molecule has 2 heterocycles. The van der Waals surface area contributed by atoms with Gasteiger partial charge in [-0.15, -0.1) is 11.3 Å². The zero-order valence-electron chi connectivity index (χ0n) is 21.2. The van der Waals surface area contributed by atoms with Gasteiger partial charge in [-0.1, -0.05) is 73.0 Å². The van der Waals surface area contributed by atoms with Crippen LogP contribution in [0.5, 0.6) is 0 Å². The summed E-state index contributed by atoms with van der Waals surface area (Å²) in [5, 5.41) is 2.12. The summed E-state index contributed by atoms with van der Waals surface area (Å²) < 4.78 is 30.4. The van der Waals surface area contributed by atoms with E-state index < -0.39 is 10.0 Å². The van der Waals surface area contributed by atoms with Crippen LogP contribution in [0.1, 0.15) is 36.8 Å². The molecule has 192 valence electrons. The van der Waals surface area contributed by atoms with Crippen molar-refractivity contribution in [3.05, 3.63) is 100 Å². The molecule has 0 atom stereocenters. The van der Waals surface area contributed by atoms with E-state index in [0.29, 0.717) is 18.0 Å². The number of thiazole rings is 1. The van der Waals surface area contributed by atoms with E-state index >= 15 is 0 Å². The van der Waals surface area contributed by atoms with Crippen LogP contribution in [-0.2, 0) is 23.0 Å². The molecule has 4 aromatic rings. The number of aryl methyl sites for hydroxylation is 2. The van der Waals surface area contributed by atoms with Crippen LogP contribution in [0, 0.1) is 6.92 Å². The van der Waals surface area contributed by atoms with Gasteiger partial charge in [-0.05, 0) is 61.6 Å². The minimum absolute atomic E-state index is 0.369. The molecule has 0 spiro atoms. The molecule has 1 aliphatic heterocycles. The second-order valence-electron chi connectivity index (χ2n) is 9.58. The van der Waals surface area contributed by atoms with Crippen molar-refractivity contribution >= 4 is 27.0 Å². The van der Waals surface area contributed by atoms with Crippen LogP contribution >= 0.6 is 11.3 Å². The predicted octanol–water partition coefficient (Wildman–Crippen LogP) is 6.56. The normalized spacial score (nSPS) is 15.5. The quantitative estimate of drug-likeness (QED) is 0.271. The number of hydrogen-bond acceptors (Lipinski definition) is 4. The lowest BCUT2D eigenvalue weighted by Crippen LogP contribution is -2.31. The van der Waals surface area contributed by atoms with Gasteiger partial charge in [-0.25, -0.2) is 13.4 Å². The molecule has 1 aromatic heterocycles. The third kappa shape index (κ3) is 6.12. The minimum Gasteiger partial charge on any atom is -0.316 e. The van der Waals surface area contributed by atoms with Crippen LogP contribution in [-0.4, -0.2) is 30.4 Å². The number of sulfonamides is 1. The van der Waals surface area contributed by atoms with Gasteiger partial charge >= 0.3 is 0 Å². The molecule has 0 radical (unpaired) electrons. The summed E-state index contributed by atoms with van der Waals surface area (Å²) in [6, 6.07) is 26.1. The molecule has 7 heteroatoms. The Morgan fingerprint density at radius 1 is 0.838 bits per heavy atom. The molecule has 5 rings (SSSR count). The average molecular weight is 532 g/mol. The van der Waals surface area contributed by atoms with Crippen LogP contribution < -0.4 is 4.80 Å². The third-order valence-corrected chi connectivity index (χ3v) is 9.65. The Morgan fingerprint density at radius 2 is 1.51 bits per heavy atom. The van der Waals surface area contributed by atoms with Crippen molar-refractivity contribution < 1.29 is 8.42 Å². The van der Waals surface area contributed by atoms with Gasteiger partial charge in [-0.2, -0.15) is 4.31 Å². The summed E-state index contributed by atoms with van der Waals surface area (Å²) in [4.78, 5) is 6.24. The molecule has 0 amide bonds. The van der Waals surface area contributed by atoms with Gasteiger partial charge in [0.2, 0.25) is 10.0 Å². The topological polar surface area (TPSA) is 54.7 Å². The van der Waals surface area contributed by atoms with Crippen molar-refractivity contribution in [3.8, 4) is 11.3 Å². The highest BCUT2D eigenvalue weighted by Crippen LogP contribution is 2.26. The molecule has 1 saturated heterocycles. The lowest BCUT2D eigenvalue weighted by Gasteiger charge is -2.20. The molecular weight excluding hydrogens is 498 g/mol. The highest BCUT2D eigenvalue weighted by Gasteiger charge is 2.25. The van der Waals surface area contributed by atoms with Crippen molar-refractivity contribution in [1.82, 2.24) is 8.87 Å². The van der Waals surface area contributed by atoms with E-state index in [9.17, 15) is 8.42 Å². The van der Waals surface area contributed by atoms with Crippen LogP contribution in [0.4, 0.5) is 5.69 Å².